The maximum Gasteiger partial charge on any atom is 0.122 e. The lowest BCUT2D eigenvalue weighted by atomic mass is 9.97. The molecule has 4 rings (SSSR count). The van der Waals surface area contributed by atoms with Gasteiger partial charge >= 0.3 is 0 Å². The van der Waals surface area contributed by atoms with Crippen LogP contribution in [0.3, 0.4) is 0 Å². The van der Waals surface area contributed by atoms with Crippen LogP contribution in [0.25, 0.3) is 5.57 Å². The van der Waals surface area contributed by atoms with E-state index < -0.39 is 7.92 Å². The lowest BCUT2D eigenvalue weighted by Crippen LogP contribution is -2.32. The van der Waals surface area contributed by atoms with Crippen molar-refractivity contribution in [3.8, 4) is 0 Å². The van der Waals surface area contributed by atoms with Crippen molar-refractivity contribution in [2.75, 3.05) is 0 Å². The first-order valence-electron chi connectivity index (χ1n) is 10.8. The van der Waals surface area contributed by atoms with Crippen LogP contribution in [0.2, 0.25) is 0 Å². The number of fused-ring (bicyclic) bond motifs is 1. The normalized spacial score (nSPS) is 28.6. The van der Waals surface area contributed by atoms with Gasteiger partial charge in [0.25, 0.3) is 0 Å². The lowest BCUT2D eigenvalue weighted by Gasteiger charge is -2.42. The van der Waals surface area contributed by atoms with Gasteiger partial charge in [0.15, 0.2) is 0 Å². The van der Waals surface area contributed by atoms with Gasteiger partial charge in [0.2, 0.25) is 0 Å². The summed E-state index contributed by atoms with van der Waals surface area (Å²) in [5.41, 5.74) is 8.65. The molecule has 1 atom stereocenters. The summed E-state index contributed by atoms with van der Waals surface area (Å²) in [5.74, 6) is 0. The molecule has 0 radical (unpaired) electrons. The number of rotatable bonds is 3. The van der Waals surface area contributed by atoms with E-state index in [9.17, 15) is 0 Å². The third-order valence-corrected chi connectivity index (χ3v) is 12.6. The zero-order valence-corrected chi connectivity index (χ0v) is 17.5. The van der Waals surface area contributed by atoms with E-state index in [1.165, 1.54) is 64.2 Å². The fraction of sp³-hybridized carbons (Fsp3) is 0.667. The summed E-state index contributed by atoms with van der Waals surface area (Å²) in [7, 11) is -0.473. The van der Waals surface area contributed by atoms with Gasteiger partial charge in [0, 0.05) is 13.5 Å². The van der Waals surface area contributed by atoms with E-state index in [0.29, 0.717) is 5.16 Å². The molecule has 0 amide bonds. The van der Waals surface area contributed by atoms with Crippen LogP contribution in [0.5, 0.6) is 0 Å². The molecule has 1 aromatic carbocycles. The molecule has 1 heteroatoms. The second-order valence-corrected chi connectivity index (χ2v) is 12.6. The number of allylic oxidation sites excluding steroid dienone is 2. The summed E-state index contributed by atoms with van der Waals surface area (Å²) >= 11 is 0. The minimum absolute atomic E-state index is 0.370. The molecule has 3 aliphatic rings. The summed E-state index contributed by atoms with van der Waals surface area (Å²) in [6.07, 6.45) is 15.0. The Bertz CT molecular complexity index is 628. The lowest BCUT2D eigenvalue weighted by molar-refractivity contribution is 0.476. The second-order valence-electron chi connectivity index (χ2n) is 9.05. The highest BCUT2D eigenvalue weighted by molar-refractivity contribution is 7.60. The standard InChI is InChI=1S/C24H35P/c1-18-19(2)24(3,23-17-11-10-16-22(18)23)25(20-12-6-4-7-13-20)21-14-8-5-9-15-21/h10-11,16-17,20-21H,4-9,12-15H2,1-3H3/p+1/t24-/m1/s1. The molecule has 0 aliphatic heterocycles. The van der Waals surface area contributed by atoms with Crippen molar-refractivity contribution in [3.63, 3.8) is 0 Å². The minimum atomic E-state index is -0.473. The average Bonchev–Trinajstić information content (AvgIpc) is 2.86. The third-order valence-electron chi connectivity index (χ3n) is 7.85. The Kier molecular flexibility index (Phi) is 5.11. The van der Waals surface area contributed by atoms with Gasteiger partial charge in [-0.2, -0.15) is 0 Å². The molecular formula is C24H36P+. The molecule has 0 saturated heterocycles. The maximum absolute atomic E-state index is 2.66. The van der Waals surface area contributed by atoms with Crippen LogP contribution in [-0.2, 0) is 5.16 Å². The maximum atomic E-state index is 2.66. The summed E-state index contributed by atoms with van der Waals surface area (Å²) in [4.78, 5) is 0. The van der Waals surface area contributed by atoms with E-state index in [0.717, 1.165) is 11.3 Å². The highest BCUT2D eigenvalue weighted by Gasteiger charge is 2.55. The van der Waals surface area contributed by atoms with E-state index in [1.54, 1.807) is 22.3 Å². The smallest absolute Gasteiger partial charge is 0.0618 e. The van der Waals surface area contributed by atoms with Gasteiger partial charge in [-0.25, -0.2) is 0 Å². The van der Waals surface area contributed by atoms with Crippen molar-refractivity contribution in [2.45, 2.75) is 101 Å². The predicted molar refractivity (Wildman–Crippen MR) is 114 cm³/mol. The Morgan fingerprint density at radius 2 is 1.32 bits per heavy atom. The van der Waals surface area contributed by atoms with Crippen molar-refractivity contribution in [1.29, 1.82) is 0 Å². The van der Waals surface area contributed by atoms with E-state index in [1.807, 2.05) is 0 Å². The minimum Gasteiger partial charge on any atom is -0.0618 e. The molecule has 0 spiro atoms. The topological polar surface area (TPSA) is 0 Å². The molecule has 0 heterocycles. The quantitative estimate of drug-likeness (QED) is 0.490. The molecule has 1 aromatic rings. The Morgan fingerprint density at radius 1 is 0.800 bits per heavy atom. The van der Waals surface area contributed by atoms with Crippen molar-refractivity contribution in [3.05, 3.63) is 41.0 Å². The molecular weight excluding hydrogens is 319 g/mol. The van der Waals surface area contributed by atoms with Gasteiger partial charge in [0.05, 0.1) is 11.3 Å². The fourth-order valence-corrected chi connectivity index (χ4v) is 11.9. The van der Waals surface area contributed by atoms with Gasteiger partial charge in [-0.3, -0.25) is 0 Å². The van der Waals surface area contributed by atoms with Crippen LogP contribution < -0.4 is 0 Å². The zero-order chi connectivity index (χ0) is 17.4. The largest absolute Gasteiger partial charge is 0.122 e. The van der Waals surface area contributed by atoms with Crippen molar-refractivity contribution < 1.29 is 0 Å². The highest BCUT2D eigenvalue weighted by atomic mass is 31.1. The summed E-state index contributed by atoms with van der Waals surface area (Å²) in [5, 5.41) is 0.370. The first kappa shape index (κ1) is 17.8. The molecule has 2 saturated carbocycles. The van der Waals surface area contributed by atoms with Crippen LogP contribution in [0.4, 0.5) is 0 Å². The Morgan fingerprint density at radius 3 is 1.88 bits per heavy atom. The molecule has 0 bridgehead atoms. The van der Waals surface area contributed by atoms with Crippen molar-refractivity contribution >= 4 is 13.5 Å². The SMILES string of the molecule is CC1=C(C)[C@@](C)([PH+](C2CCCCC2)C2CCCCC2)c2ccccc21. The zero-order valence-electron chi connectivity index (χ0n) is 16.5. The number of benzene rings is 1. The van der Waals surface area contributed by atoms with Crippen LogP contribution in [-0.4, -0.2) is 11.3 Å². The van der Waals surface area contributed by atoms with Crippen LogP contribution in [0, 0.1) is 0 Å². The van der Waals surface area contributed by atoms with E-state index in [2.05, 4.69) is 45.0 Å². The monoisotopic (exact) mass is 355 g/mol. The van der Waals surface area contributed by atoms with E-state index >= 15 is 0 Å². The Labute approximate surface area is 156 Å². The average molecular weight is 356 g/mol. The molecule has 0 N–H and O–H groups in total. The van der Waals surface area contributed by atoms with Crippen LogP contribution in [0.1, 0.15) is 96.1 Å². The van der Waals surface area contributed by atoms with Crippen molar-refractivity contribution in [2.24, 2.45) is 0 Å². The van der Waals surface area contributed by atoms with Crippen LogP contribution in [0.15, 0.2) is 29.8 Å². The summed E-state index contributed by atoms with van der Waals surface area (Å²) < 4.78 is 0. The first-order valence-corrected chi connectivity index (χ1v) is 12.4. The van der Waals surface area contributed by atoms with Gasteiger partial charge in [-0.15, -0.1) is 0 Å². The Hall–Kier alpha value is -0.610. The van der Waals surface area contributed by atoms with Crippen LogP contribution >= 0.6 is 7.92 Å². The molecule has 0 unspecified atom stereocenters. The fourth-order valence-electron chi connectivity index (χ4n) is 6.37. The highest BCUT2D eigenvalue weighted by Crippen LogP contribution is 2.72. The molecule has 0 nitrogen and oxygen atoms in total. The predicted octanol–water partition coefficient (Wildman–Crippen LogP) is 7.59. The van der Waals surface area contributed by atoms with E-state index in [4.69, 9.17) is 0 Å². The van der Waals surface area contributed by atoms with Gasteiger partial charge in [0.1, 0.15) is 5.16 Å². The van der Waals surface area contributed by atoms with E-state index in [-0.39, 0.29) is 0 Å². The van der Waals surface area contributed by atoms with Gasteiger partial charge < -0.3 is 0 Å². The Balaban J connectivity index is 1.80. The second kappa shape index (κ2) is 7.19. The summed E-state index contributed by atoms with van der Waals surface area (Å²) in [6.45, 7) is 7.53. The molecule has 0 aromatic heterocycles. The van der Waals surface area contributed by atoms with Gasteiger partial charge in [-0.1, -0.05) is 37.1 Å². The van der Waals surface area contributed by atoms with Crippen molar-refractivity contribution in [1.82, 2.24) is 0 Å². The molecule has 136 valence electrons. The molecule has 2 fully saturated rings. The molecule has 3 aliphatic carbocycles. The number of hydrogen-bond acceptors (Lipinski definition) is 0. The summed E-state index contributed by atoms with van der Waals surface area (Å²) in [6, 6.07) is 9.41. The number of hydrogen-bond donors (Lipinski definition) is 0. The molecule has 25 heavy (non-hydrogen) atoms. The van der Waals surface area contributed by atoms with Gasteiger partial charge in [-0.05, 0) is 88.8 Å². The third kappa shape index (κ3) is 2.93. The first-order chi connectivity index (χ1) is 12.1.